The van der Waals surface area contributed by atoms with Gasteiger partial charge in [-0.05, 0) is 103 Å². The molecule has 27 nitrogen and oxygen atoms in total. The van der Waals surface area contributed by atoms with Gasteiger partial charge in [0.2, 0.25) is 59.1 Å². The first kappa shape index (κ1) is 73.7. The fourth-order valence-corrected chi connectivity index (χ4v) is 11.3. The maximum Gasteiger partial charge on any atom is 0.245 e. The van der Waals surface area contributed by atoms with E-state index in [-0.39, 0.29) is 88.5 Å². The summed E-state index contributed by atoms with van der Waals surface area (Å²) in [6.07, 6.45) is 1.83. The van der Waals surface area contributed by atoms with Crippen molar-refractivity contribution in [3.05, 3.63) is 173 Å². The number of H-pyrrole nitrogens is 1. The molecule has 6 aromatic rings. The molecule has 0 aliphatic carbocycles. The largest absolute Gasteiger partial charge is 0.508 e. The second-order valence-electron chi connectivity index (χ2n) is 24.3. The molecule has 0 bridgehead atoms. The lowest BCUT2D eigenvalue weighted by Crippen LogP contribution is -2.61. The molecule has 19 N–H and O–H groups in total. The highest BCUT2D eigenvalue weighted by Crippen LogP contribution is 2.23. The van der Waals surface area contributed by atoms with Crippen molar-refractivity contribution in [2.75, 3.05) is 26.2 Å². The zero-order chi connectivity index (χ0) is 70.1. The minimum absolute atomic E-state index is 0.00335. The van der Waals surface area contributed by atoms with E-state index in [2.05, 4.69) is 52.8 Å². The molecule has 0 unspecified atom stereocenters. The van der Waals surface area contributed by atoms with Gasteiger partial charge in [-0.3, -0.25) is 53.4 Å². The van der Waals surface area contributed by atoms with Crippen molar-refractivity contribution in [2.45, 2.75) is 132 Å². The van der Waals surface area contributed by atoms with Crippen LogP contribution in [0.4, 0.5) is 4.39 Å². The number of hydrogen-bond donors (Lipinski definition) is 16. The number of primary amides is 1. The zero-order valence-electron chi connectivity index (χ0n) is 54.0. The van der Waals surface area contributed by atoms with E-state index in [4.69, 9.17) is 22.6 Å². The van der Waals surface area contributed by atoms with Gasteiger partial charge < -0.3 is 85.1 Å². The standard InChI is InChI=1S/C69H86FN15O12/c1-40(2)31-52(61(90)78-51(19-11-29-75-69(73)74)68(97)85-30-12-20-58(85)67(96)77-38-59(72)88)80-63(92)54(33-42-15-7-4-8-16-42)81-64(93)55(35-44-23-27-47(87)28-24-44)82-66(95)57(39-86)84-65(94)56(36-45-37-76-50-18-10-9-17-48(45)50)83-62(91)53(34-43-21-25-46(70)26-22-43)79-60(89)49(71)32-41-13-5-3-6-14-41/h3-10,13-18,21-28,37,40,49,51-58,76,86-87H,11-12,19-20,29-36,38-39,71H2,1-2H3,(H2,72,88)(H,77,96)(H,78,90)(H,79,89)(H,80,92)(H,81,93)(H,82,95)(H,83,91)(H,84,94)(H4,73,74,75)/t49-,51+,52+,53+,54-,55+,56-,57+,58+/m1/s1. The highest BCUT2D eigenvalue weighted by molar-refractivity contribution is 5.99. The molecule has 7 rings (SSSR count). The van der Waals surface area contributed by atoms with Crippen LogP contribution in [0, 0.1) is 17.1 Å². The number of phenols is 1. The van der Waals surface area contributed by atoms with E-state index >= 15 is 0 Å². The molecule has 97 heavy (non-hydrogen) atoms. The fourth-order valence-electron chi connectivity index (χ4n) is 11.3. The van der Waals surface area contributed by atoms with Crippen molar-refractivity contribution in [2.24, 2.45) is 23.1 Å². The maximum atomic E-state index is 15.0. The van der Waals surface area contributed by atoms with Crippen LogP contribution in [0.2, 0.25) is 0 Å². The van der Waals surface area contributed by atoms with Crippen LogP contribution in [0.15, 0.2) is 140 Å². The molecular formula is C69H86FN15O12. The number of aromatic nitrogens is 1. The highest BCUT2D eigenvalue weighted by atomic mass is 19.1. The molecule has 28 heteroatoms. The van der Waals surface area contributed by atoms with Gasteiger partial charge in [0.25, 0.3) is 0 Å². The smallest absolute Gasteiger partial charge is 0.245 e. The Balaban J connectivity index is 1.14. The normalized spacial score (nSPS) is 15.2. The Kier molecular flexibility index (Phi) is 27.5. The summed E-state index contributed by atoms with van der Waals surface area (Å²) in [4.78, 5) is 146. The van der Waals surface area contributed by atoms with Gasteiger partial charge in [-0.15, -0.1) is 0 Å². The van der Waals surface area contributed by atoms with Crippen LogP contribution in [0.25, 0.3) is 10.9 Å². The number of nitrogens with zero attached hydrogens (tertiary/aromatic N) is 1. The molecular weight excluding hydrogens is 1250 g/mol. The summed E-state index contributed by atoms with van der Waals surface area (Å²) in [5.41, 5.74) is 20.5. The Morgan fingerprint density at radius 1 is 0.577 bits per heavy atom. The molecule has 1 aliphatic heterocycles. The van der Waals surface area contributed by atoms with Gasteiger partial charge in [-0.2, -0.15) is 0 Å². The van der Waals surface area contributed by atoms with Gasteiger partial charge in [-0.25, -0.2) is 4.39 Å². The molecule has 10 amide bonds. The molecule has 5 aromatic carbocycles. The minimum atomic E-state index is -1.81. The molecule has 0 saturated carbocycles. The first-order valence-corrected chi connectivity index (χ1v) is 32.0. The number of benzene rings is 5. The number of fused-ring (bicyclic) bond motifs is 1. The van der Waals surface area contributed by atoms with Gasteiger partial charge in [0.05, 0.1) is 19.2 Å². The monoisotopic (exact) mass is 1340 g/mol. The number of aromatic amines is 1. The second kappa shape index (κ2) is 36.2. The van der Waals surface area contributed by atoms with Crippen LogP contribution in [0.1, 0.15) is 73.8 Å². The predicted molar refractivity (Wildman–Crippen MR) is 358 cm³/mol. The molecule has 516 valence electrons. The third kappa shape index (κ3) is 22.7. The lowest BCUT2D eigenvalue weighted by molar-refractivity contribution is -0.142. The summed E-state index contributed by atoms with van der Waals surface area (Å²) in [7, 11) is 0. The third-order valence-corrected chi connectivity index (χ3v) is 16.3. The SMILES string of the molecule is CC(C)C[C@H](NC(=O)[C@@H](Cc1ccccc1)NC(=O)[C@H](Cc1ccc(O)cc1)NC(=O)[C@H](CO)NC(=O)[C@@H](Cc1c[nH]c2ccccc12)NC(=O)[C@H](Cc1ccc(F)cc1)NC(=O)[C@H](N)Cc1ccccc1)C(=O)N[C@@H](CCCNC(=N)N)C(=O)N1CCC[C@H]1C(=O)NCC(N)=O. The minimum Gasteiger partial charge on any atom is -0.508 e. The van der Waals surface area contributed by atoms with Crippen molar-refractivity contribution >= 4 is 75.9 Å². The average Bonchev–Trinajstić information content (AvgIpc) is 1.46. The van der Waals surface area contributed by atoms with Gasteiger partial charge in [0, 0.05) is 55.9 Å². The molecule has 0 spiro atoms. The molecule has 0 radical (unpaired) electrons. The Bertz CT molecular complexity index is 3690. The van der Waals surface area contributed by atoms with Crippen molar-refractivity contribution in [3.8, 4) is 5.75 Å². The summed E-state index contributed by atoms with van der Waals surface area (Å²) in [5.74, 6) is -9.49. The van der Waals surface area contributed by atoms with Crippen LogP contribution in [0.5, 0.6) is 5.75 Å². The molecule has 9 atom stereocenters. The van der Waals surface area contributed by atoms with E-state index in [1.54, 1.807) is 105 Å². The van der Waals surface area contributed by atoms with Crippen LogP contribution in [0.3, 0.4) is 0 Å². The van der Waals surface area contributed by atoms with E-state index in [9.17, 15) is 62.5 Å². The molecule has 2 heterocycles. The maximum absolute atomic E-state index is 15.0. The number of para-hydroxylation sites is 1. The summed E-state index contributed by atoms with van der Waals surface area (Å²) in [6, 6.07) is 23.0. The first-order valence-electron chi connectivity index (χ1n) is 32.0. The van der Waals surface area contributed by atoms with Crippen LogP contribution in [-0.4, -0.2) is 166 Å². The average molecular weight is 1340 g/mol. The van der Waals surface area contributed by atoms with E-state index in [0.29, 0.717) is 39.6 Å². The number of carbonyl (C=O) groups excluding carboxylic acids is 10. The lowest BCUT2D eigenvalue weighted by atomic mass is 9.99. The number of phenolic OH excluding ortho intramolecular Hbond substituents is 1. The van der Waals surface area contributed by atoms with Crippen molar-refractivity contribution in [1.29, 1.82) is 5.41 Å². The summed E-state index contributed by atoms with van der Waals surface area (Å²) >= 11 is 0. The van der Waals surface area contributed by atoms with Gasteiger partial charge in [-0.1, -0.05) is 117 Å². The number of halogens is 1. The number of likely N-dealkylation sites (tertiary alicyclic amines) is 1. The number of nitrogens with one attached hydrogen (secondary N) is 11. The number of rotatable bonds is 35. The number of carbonyl (C=O) groups is 10. The van der Waals surface area contributed by atoms with Gasteiger partial charge in [0.1, 0.15) is 59.9 Å². The Morgan fingerprint density at radius 3 is 1.59 bits per heavy atom. The van der Waals surface area contributed by atoms with E-state index < -0.39 is 132 Å². The number of aromatic hydroxyl groups is 1. The van der Waals surface area contributed by atoms with E-state index in [1.165, 1.54) is 53.4 Å². The topological polar surface area (TPSA) is 440 Å². The second-order valence-corrected chi connectivity index (χ2v) is 24.3. The number of amides is 10. The Hall–Kier alpha value is -10.7. The highest BCUT2D eigenvalue weighted by Gasteiger charge is 2.40. The molecule has 1 saturated heterocycles. The first-order chi connectivity index (χ1) is 46.4. The molecule has 1 aromatic heterocycles. The number of aliphatic hydroxyl groups excluding tert-OH is 1. The Morgan fingerprint density at radius 2 is 1.04 bits per heavy atom. The summed E-state index contributed by atoms with van der Waals surface area (Å²) < 4.78 is 14.1. The predicted octanol–water partition coefficient (Wildman–Crippen LogP) is 0.141. The van der Waals surface area contributed by atoms with E-state index in [0.717, 1.165) is 5.56 Å². The lowest BCUT2D eigenvalue weighted by Gasteiger charge is -2.31. The quantitative estimate of drug-likeness (QED) is 0.0143. The van der Waals surface area contributed by atoms with Crippen LogP contribution < -0.4 is 65.1 Å². The van der Waals surface area contributed by atoms with Crippen molar-refractivity contribution in [3.63, 3.8) is 0 Å². The number of aliphatic hydroxyl groups is 1. The molecule has 1 aliphatic rings. The summed E-state index contributed by atoms with van der Waals surface area (Å²) in [5, 5.41) is 53.4. The third-order valence-electron chi connectivity index (χ3n) is 16.3. The van der Waals surface area contributed by atoms with Crippen LogP contribution in [-0.2, 0) is 80.0 Å². The summed E-state index contributed by atoms with van der Waals surface area (Å²) in [6.45, 7) is 2.37. The fraction of sp³-hybridized carbons (Fsp3) is 0.377. The number of guanidine groups is 1. The zero-order valence-corrected chi connectivity index (χ0v) is 54.0. The van der Waals surface area contributed by atoms with Gasteiger partial charge in [0.15, 0.2) is 5.96 Å². The van der Waals surface area contributed by atoms with Gasteiger partial charge >= 0.3 is 0 Å². The van der Waals surface area contributed by atoms with Crippen molar-refractivity contribution in [1.82, 2.24) is 57.7 Å². The van der Waals surface area contributed by atoms with Crippen molar-refractivity contribution < 1.29 is 62.5 Å². The van der Waals surface area contributed by atoms with Crippen LogP contribution >= 0.6 is 0 Å². The molecule has 1 fully saturated rings. The van der Waals surface area contributed by atoms with E-state index in [1.807, 2.05) is 0 Å². The number of hydrogen-bond acceptors (Lipinski definition) is 14. The Labute approximate surface area is 560 Å². The number of nitrogens with two attached hydrogens (primary N) is 3.